The molecule has 1 aliphatic heterocycles. The molecule has 2 atom stereocenters. The fraction of sp³-hybridized carbons (Fsp3) is 0.643. The van der Waals surface area contributed by atoms with Crippen LogP contribution >= 0.6 is 0 Å². The molecule has 7 heteroatoms. The van der Waals surface area contributed by atoms with Crippen molar-refractivity contribution in [2.75, 3.05) is 11.9 Å². The number of rotatable bonds is 4. The number of aryl methyl sites for hydroxylation is 1. The Bertz CT molecular complexity index is 514. The molecule has 116 valence electrons. The quantitative estimate of drug-likeness (QED) is 0.889. The number of nitrogens with one attached hydrogen (secondary N) is 1. The monoisotopic (exact) mass is 294 g/mol. The van der Waals surface area contributed by atoms with Gasteiger partial charge in [-0.2, -0.15) is 5.10 Å². The van der Waals surface area contributed by atoms with Crippen LogP contribution in [0, 0.1) is 5.92 Å². The topological polar surface area (TPSA) is 87.5 Å². The van der Waals surface area contributed by atoms with Gasteiger partial charge in [-0.3, -0.25) is 4.68 Å². The van der Waals surface area contributed by atoms with Gasteiger partial charge in [-0.1, -0.05) is 13.3 Å². The molecule has 1 aromatic heterocycles. The van der Waals surface area contributed by atoms with Gasteiger partial charge in [-0.15, -0.1) is 0 Å². The number of carboxylic acid groups (broad SMARTS) is 1. The minimum Gasteiger partial charge on any atom is -0.480 e. The van der Waals surface area contributed by atoms with Crippen molar-refractivity contribution in [2.45, 2.75) is 45.7 Å². The molecule has 1 saturated heterocycles. The van der Waals surface area contributed by atoms with Crippen molar-refractivity contribution >= 4 is 17.7 Å². The summed E-state index contributed by atoms with van der Waals surface area (Å²) >= 11 is 0. The van der Waals surface area contributed by atoms with Crippen LogP contribution < -0.4 is 5.32 Å². The Kier molecular flexibility index (Phi) is 4.82. The SMILES string of the molecule is CCC1CCN(C(=O)Nc2cnn(CC)c2)C(C(=O)O)C1. The Morgan fingerprint density at radius 1 is 1.48 bits per heavy atom. The first-order chi connectivity index (χ1) is 10.0. The van der Waals surface area contributed by atoms with Crippen molar-refractivity contribution in [1.82, 2.24) is 14.7 Å². The highest BCUT2D eigenvalue weighted by Gasteiger charge is 2.35. The zero-order chi connectivity index (χ0) is 15.4. The van der Waals surface area contributed by atoms with Gasteiger partial charge in [0.1, 0.15) is 6.04 Å². The van der Waals surface area contributed by atoms with E-state index in [2.05, 4.69) is 17.3 Å². The molecule has 0 radical (unpaired) electrons. The average molecular weight is 294 g/mol. The van der Waals surface area contributed by atoms with E-state index in [0.29, 0.717) is 24.6 Å². The van der Waals surface area contributed by atoms with Crippen molar-refractivity contribution in [3.05, 3.63) is 12.4 Å². The molecule has 2 amide bonds. The maximum Gasteiger partial charge on any atom is 0.326 e. The predicted octanol–water partition coefficient (Wildman–Crippen LogP) is 2.01. The average Bonchev–Trinajstić information content (AvgIpc) is 2.94. The number of urea groups is 1. The normalized spacial score (nSPS) is 22.1. The van der Waals surface area contributed by atoms with E-state index < -0.39 is 12.0 Å². The van der Waals surface area contributed by atoms with E-state index in [1.807, 2.05) is 6.92 Å². The molecule has 21 heavy (non-hydrogen) atoms. The van der Waals surface area contributed by atoms with Crippen LogP contribution in [0.3, 0.4) is 0 Å². The van der Waals surface area contributed by atoms with Gasteiger partial charge in [0.2, 0.25) is 0 Å². The third kappa shape index (κ3) is 3.53. The molecule has 2 rings (SSSR count). The van der Waals surface area contributed by atoms with Gasteiger partial charge in [0.05, 0.1) is 11.9 Å². The molecule has 1 fully saturated rings. The second-order valence-corrected chi connectivity index (χ2v) is 5.36. The molecule has 0 bridgehead atoms. The van der Waals surface area contributed by atoms with E-state index in [-0.39, 0.29) is 6.03 Å². The number of aliphatic carboxylic acids is 1. The highest BCUT2D eigenvalue weighted by Crippen LogP contribution is 2.26. The van der Waals surface area contributed by atoms with Crippen LogP contribution in [0.4, 0.5) is 10.5 Å². The minimum absolute atomic E-state index is 0.368. The van der Waals surface area contributed by atoms with E-state index in [1.54, 1.807) is 17.1 Å². The van der Waals surface area contributed by atoms with E-state index in [9.17, 15) is 14.7 Å². The summed E-state index contributed by atoms with van der Waals surface area (Å²) in [5.74, 6) is -0.564. The summed E-state index contributed by atoms with van der Waals surface area (Å²) in [6.07, 6.45) is 5.61. The Hall–Kier alpha value is -2.05. The number of hydrogen-bond acceptors (Lipinski definition) is 3. The fourth-order valence-corrected chi connectivity index (χ4v) is 2.68. The van der Waals surface area contributed by atoms with Crippen LogP contribution in [-0.4, -0.2) is 44.4 Å². The molecule has 2 unspecified atom stereocenters. The van der Waals surface area contributed by atoms with E-state index >= 15 is 0 Å². The van der Waals surface area contributed by atoms with Gasteiger partial charge in [-0.05, 0) is 25.7 Å². The summed E-state index contributed by atoms with van der Waals surface area (Å²) in [4.78, 5) is 25.1. The van der Waals surface area contributed by atoms with E-state index in [4.69, 9.17) is 0 Å². The van der Waals surface area contributed by atoms with Crippen LogP contribution in [0.1, 0.15) is 33.1 Å². The van der Waals surface area contributed by atoms with Crippen LogP contribution in [0.15, 0.2) is 12.4 Å². The summed E-state index contributed by atoms with van der Waals surface area (Å²) < 4.78 is 1.70. The first-order valence-corrected chi connectivity index (χ1v) is 7.38. The lowest BCUT2D eigenvalue weighted by molar-refractivity contribution is -0.143. The Labute approximate surface area is 123 Å². The smallest absolute Gasteiger partial charge is 0.326 e. The fourth-order valence-electron chi connectivity index (χ4n) is 2.68. The first-order valence-electron chi connectivity index (χ1n) is 7.38. The Morgan fingerprint density at radius 2 is 2.24 bits per heavy atom. The lowest BCUT2D eigenvalue weighted by atomic mass is 9.89. The number of likely N-dealkylation sites (tertiary alicyclic amines) is 1. The molecular weight excluding hydrogens is 272 g/mol. The summed E-state index contributed by atoms with van der Waals surface area (Å²) in [6, 6.07) is -1.11. The zero-order valence-corrected chi connectivity index (χ0v) is 12.5. The Balaban J connectivity index is 2.04. The highest BCUT2D eigenvalue weighted by atomic mass is 16.4. The molecule has 1 aromatic rings. The van der Waals surface area contributed by atoms with E-state index in [0.717, 1.165) is 19.4 Å². The van der Waals surface area contributed by atoms with Crippen molar-refractivity contribution in [2.24, 2.45) is 5.92 Å². The zero-order valence-electron chi connectivity index (χ0n) is 12.5. The number of hydrogen-bond donors (Lipinski definition) is 2. The molecule has 2 heterocycles. The molecular formula is C14H22N4O3. The standard InChI is InChI=1S/C14H22N4O3/c1-3-10-5-6-18(12(7-10)13(19)20)14(21)16-11-8-15-17(4-2)9-11/h8-10,12H,3-7H2,1-2H3,(H,16,21)(H,19,20). The number of anilines is 1. The van der Waals surface area contributed by atoms with Gasteiger partial charge in [0, 0.05) is 19.3 Å². The summed E-state index contributed by atoms with van der Waals surface area (Å²) in [5, 5.41) is 16.1. The molecule has 0 aromatic carbocycles. The van der Waals surface area contributed by atoms with Gasteiger partial charge in [0.25, 0.3) is 0 Å². The van der Waals surface area contributed by atoms with Crippen molar-refractivity contribution < 1.29 is 14.7 Å². The third-order valence-electron chi connectivity index (χ3n) is 4.04. The van der Waals surface area contributed by atoms with Gasteiger partial charge in [0.15, 0.2) is 0 Å². The van der Waals surface area contributed by atoms with E-state index in [1.165, 1.54) is 4.90 Å². The summed E-state index contributed by atoms with van der Waals surface area (Å²) in [6.45, 7) is 5.20. The second kappa shape index (κ2) is 6.60. The first kappa shape index (κ1) is 15.3. The lowest BCUT2D eigenvalue weighted by Crippen LogP contribution is -2.51. The highest BCUT2D eigenvalue weighted by molar-refractivity contribution is 5.92. The van der Waals surface area contributed by atoms with Gasteiger partial charge >= 0.3 is 12.0 Å². The van der Waals surface area contributed by atoms with Gasteiger partial charge in [-0.25, -0.2) is 9.59 Å². The summed E-state index contributed by atoms with van der Waals surface area (Å²) in [5.41, 5.74) is 0.587. The lowest BCUT2D eigenvalue weighted by Gasteiger charge is -2.36. The minimum atomic E-state index is -0.937. The van der Waals surface area contributed by atoms with Crippen LogP contribution in [-0.2, 0) is 11.3 Å². The number of nitrogens with zero attached hydrogens (tertiary/aromatic N) is 3. The van der Waals surface area contributed by atoms with Gasteiger partial charge < -0.3 is 15.3 Å². The maximum atomic E-state index is 12.3. The number of carboxylic acids is 1. The molecule has 2 N–H and O–H groups in total. The maximum absolute atomic E-state index is 12.3. The van der Waals surface area contributed by atoms with Crippen molar-refractivity contribution in [3.63, 3.8) is 0 Å². The van der Waals surface area contributed by atoms with Crippen molar-refractivity contribution in [3.8, 4) is 0 Å². The van der Waals surface area contributed by atoms with Crippen LogP contribution in [0.5, 0.6) is 0 Å². The molecule has 0 saturated carbocycles. The number of aromatic nitrogens is 2. The van der Waals surface area contributed by atoms with Crippen LogP contribution in [0.25, 0.3) is 0 Å². The largest absolute Gasteiger partial charge is 0.480 e. The number of carbonyl (C=O) groups excluding carboxylic acids is 1. The molecule has 0 spiro atoms. The number of amides is 2. The Morgan fingerprint density at radius 3 is 2.81 bits per heavy atom. The van der Waals surface area contributed by atoms with Crippen molar-refractivity contribution in [1.29, 1.82) is 0 Å². The molecule has 7 nitrogen and oxygen atoms in total. The third-order valence-corrected chi connectivity index (χ3v) is 4.04. The predicted molar refractivity (Wildman–Crippen MR) is 78.1 cm³/mol. The van der Waals surface area contributed by atoms with Crippen LogP contribution in [0.2, 0.25) is 0 Å². The number of piperidine rings is 1. The second-order valence-electron chi connectivity index (χ2n) is 5.36. The summed E-state index contributed by atoms with van der Waals surface area (Å²) in [7, 11) is 0. The molecule has 1 aliphatic rings. The number of carbonyl (C=O) groups is 2. The molecule has 0 aliphatic carbocycles.